The van der Waals surface area contributed by atoms with Gasteiger partial charge in [0.25, 0.3) is 5.91 Å². The molecule has 0 aliphatic rings. The molecule has 134 valence electrons. The lowest BCUT2D eigenvalue weighted by atomic mass is 10.1. The zero-order chi connectivity index (χ0) is 18.2. The van der Waals surface area contributed by atoms with Gasteiger partial charge in [-0.15, -0.1) is 0 Å². The van der Waals surface area contributed by atoms with E-state index in [2.05, 4.69) is 11.4 Å². The summed E-state index contributed by atoms with van der Waals surface area (Å²) in [7, 11) is 0. The second kappa shape index (κ2) is 9.11. The van der Waals surface area contributed by atoms with Crippen molar-refractivity contribution in [3.8, 4) is 11.5 Å². The normalized spacial score (nSPS) is 11.7. The lowest BCUT2D eigenvalue weighted by Crippen LogP contribution is -2.37. The molecule has 4 heteroatoms. The molecule has 0 bridgehead atoms. The molecule has 0 radical (unpaired) electrons. The van der Waals surface area contributed by atoms with Crippen LogP contribution in [0.5, 0.6) is 11.5 Å². The molecule has 1 atom stereocenters. The van der Waals surface area contributed by atoms with Crippen molar-refractivity contribution in [2.45, 2.75) is 46.8 Å². The maximum absolute atomic E-state index is 12.4. The first-order chi connectivity index (χ1) is 12.0. The van der Waals surface area contributed by atoms with Gasteiger partial charge in [-0.25, -0.2) is 0 Å². The first-order valence-corrected chi connectivity index (χ1v) is 8.76. The zero-order valence-electron chi connectivity index (χ0n) is 15.5. The van der Waals surface area contributed by atoms with Crippen molar-refractivity contribution >= 4 is 5.91 Å². The number of nitrogens with one attached hydrogen (secondary N) is 1. The van der Waals surface area contributed by atoms with Crippen LogP contribution in [-0.4, -0.2) is 18.6 Å². The molecule has 1 amide bonds. The van der Waals surface area contributed by atoms with Gasteiger partial charge in [-0.2, -0.15) is 0 Å². The van der Waals surface area contributed by atoms with E-state index in [1.807, 2.05) is 64.1 Å². The summed E-state index contributed by atoms with van der Waals surface area (Å²) in [5, 5.41) is 2.95. The van der Waals surface area contributed by atoms with Crippen molar-refractivity contribution in [1.82, 2.24) is 5.32 Å². The van der Waals surface area contributed by atoms with Gasteiger partial charge in [-0.1, -0.05) is 36.8 Å². The largest absolute Gasteiger partial charge is 0.494 e. The van der Waals surface area contributed by atoms with Crippen LogP contribution in [-0.2, 0) is 11.3 Å². The van der Waals surface area contributed by atoms with Crippen molar-refractivity contribution in [1.29, 1.82) is 0 Å². The minimum absolute atomic E-state index is 0.101. The van der Waals surface area contributed by atoms with Crippen molar-refractivity contribution in [2.24, 2.45) is 0 Å². The van der Waals surface area contributed by atoms with Crippen LogP contribution in [0.1, 0.15) is 37.0 Å². The van der Waals surface area contributed by atoms with E-state index in [-0.39, 0.29) is 5.91 Å². The van der Waals surface area contributed by atoms with Gasteiger partial charge in [0.05, 0.1) is 6.61 Å². The van der Waals surface area contributed by atoms with E-state index >= 15 is 0 Å². The fraction of sp³-hybridized carbons (Fsp3) is 0.381. The third kappa shape index (κ3) is 5.52. The van der Waals surface area contributed by atoms with E-state index in [0.29, 0.717) is 19.6 Å². The number of benzene rings is 2. The van der Waals surface area contributed by atoms with Crippen LogP contribution in [0.25, 0.3) is 0 Å². The summed E-state index contributed by atoms with van der Waals surface area (Å²) in [6.45, 7) is 9.05. The fourth-order valence-electron chi connectivity index (χ4n) is 2.58. The Hall–Kier alpha value is -2.49. The van der Waals surface area contributed by atoms with Gasteiger partial charge in [0.1, 0.15) is 11.5 Å². The minimum Gasteiger partial charge on any atom is -0.494 e. The average molecular weight is 341 g/mol. The maximum atomic E-state index is 12.4. The number of hydrogen-bond acceptors (Lipinski definition) is 3. The number of carbonyl (C=O) groups excluding carboxylic acids is 1. The quantitative estimate of drug-likeness (QED) is 0.784. The Morgan fingerprint density at radius 2 is 1.80 bits per heavy atom. The first kappa shape index (κ1) is 18.8. The van der Waals surface area contributed by atoms with Crippen LogP contribution in [0.4, 0.5) is 0 Å². The van der Waals surface area contributed by atoms with Crippen molar-refractivity contribution in [2.75, 3.05) is 6.61 Å². The summed E-state index contributed by atoms with van der Waals surface area (Å²) < 4.78 is 11.3. The standard InChI is InChI=1S/C21H27NO3/c1-5-19(25-20-12-7-15(3)13-16(20)4)21(23)22-14-17-8-10-18(11-9-17)24-6-2/h7-13,19H,5-6,14H2,1-4H3,(H,22,23)/t19-/m1/s1. The number of rotatable bonds is 8. The van der Waals surface area contributed by atoms with Gasteiger partial charge in [0.15, 0.2) is 6.10 Å². The van der Waals surface area contributed by atoms with E-state index in [1.165, 1.54) is 5.56 Å². The van der Waals surface area contributed by atoms with Crippen molar-refractivity contribution in [3.63, 3.8) is 0 Å². The third-order valence-electron chi connectivity index (χ3n) is 3.96. The lowest BCUT2D eigenvalue weighted by Gasteiger charge is -2.19. The molecule has 0 aromatic heterocycles. The predicted octanol–water partition coefficient (Wildman–Crippen LogP) is 4.18. The lowest BCUT2D eigenvalue weighted by molar-refractivity contribution is -0.128. The maximum Gasteiger partial charge on any atom is 0.261 e. The molecule has 1 N–H and O–H groups in total. The molecule has 0 spiro atoms. The molecular formula is C21H27NO3. The summed E-state index contributed by atoms with van der Waals surface area (Å²) >= 11 is 0. The van der Waals surface area contributed by atoms with E-state index in [1.54, 1.807) is 0 Å². The van der Waals surface area contributed by atoms with Crippen molar-refractivity contribution < 1.29 is 14.3 Å². The molecule has 0 unspecified atom stereocenters. The molecule has 0 fully saturated rings. The average Bonchev–Trinajstić information content (AvgIpc) is 2.60. The summed E-state index contributed by atoms with van der Waals surface area (Å²) in [5.41, 5.74) is 3.24. The predicted molar refractivity (Wildman–Crippen MR) is 100 cm³/mol. The first-order valence-electron chi connectivity index (χ1n) is 8.76. The van der Waals surface area contributed by atoms with Crippen LogP contribution in [0.2, 0.25) is 0 Å². The molecule has 0 heterocycles. The number of ether oxygens (including phenoxy) is 2. The smallest absolute Gasteiger partial charge is 0.261 e. The molecular weight excluding hydrogens is 314 g/mol. The molecule has 25 heavy (non-hydrogen) atoms. The van der Waals surface area contributed by atoms with E-state index in [0.717, 1.165) is 22.6 Å². The molecule has 0 aliphatic heterocycles. The second-order valence-electron chi connectivity index (χ2n) is 6.08. The SMILES string of the molecule is CCOc1ccc(CNC(=O)[C@@H](CC)Oc2ccc(C)cc2C)cc1. The monoisotopic (exact) mass is 341 g/mol. The van der Waals surface area contributed by atoms with Crippen LogP contribution in [0.15, 0.2) is 42.5 Å². The van der Waals surface area contributed by atoms with Gasteiger partial charge >= 0.3 is 0 Å². The molecule has 2 rings (SSSR count). The highest BCUT2D eigenvalue weighted by atomic mass is 16.5. The minimum atomic E-state index is -0.496. The van der Waals surface area contributed by atoms with Crippen LogP contribution >= 0.6 is 0 Å². The number of carbonyl (C=O) groups is 1. The summed E-state index contributed by atoms with van der Waals surface area (Å²) in [6.07, 6.45) is 0.117. The molecule has 0 aliphatic carbocycles. The van der Waals surface area contributed by atoms with Crippen molar-refractivity contribution in [3.05, 3.63) is 59.2 Å². The van der Waals surface area contributed by atoms with Gasteiger partial charge in [0.2, 0.25) is 0 Å². The van der Waals surface area contributed by atoms with Gasteiger partial charge in [-0.05, 0) is 56.5 Å². The van der Waals surface area contributed by atoms with Gasteiger partial charge < -0.3 is 14.8 Å². The summed E-state index contributed by atoms with van der Waals surface area (Å²) in [6, 6.07) is 13.7. The van der Waals surface area contributed by atoms with Crippen LogP contribution in [0.3, 0.4) is 0 Å². The topological polar surface area (TPSA) is 47.6 Å². The number of aryl methyl sites for hydroxylation is 2. The van der Waals surface area contributed by atoms with Gasteiger partial charge in [0, 0.05) is 6.54 Å². The van der Waals surface area contributed by atoms with Crippen LogP contribution in [0, 0.1) is 13.8 Å². The Labute approximate surface area is 150 Å². The van der Waals surface area contributed by atoms with E-state index in [9.17, 15) is 4.79 Å². The molecule has 2 aromatic carbocycles. The van der Waals surface area contributed by atoms with E-state index < -0.39 is 6.10 Å². The number of hydrogen-bond donors (Lipinski definition) is 1. The number of amides is 1. The fourth-order valence-corrected chi connectivity index (χ4v) is 2.58. The zero-order valence-corrected chi connectivity index (χ0v) is 15.5. The Morgan fingerprint density at radius 3 is 2.40 bits per heavy atom. The molecule has 4 nitrogen and oxygen atoms in total. The summed E-state index contributed by atoms with van der Waals surface area (Å²) in [4.78, 5) is 12.4. The Kier molecular flexibility index (Phi) is 6.87. The van der Waals surface area contributed by atoms with E-state index in [4.69, 9.17) is 9.47 Å². The Balaban J connectivity index is 1.93. The molecule has 0 saturated heterocycles. The molecule has 0 saturated carbocycles. The second-order valence-corrected chi connectivity index (χ2v) is 6.08. The molecule has 2 aromatic rings. The van der Waals surface area contributed by atoms with Crippen LogP contribution < -0.4 is 14.8 Å². The highest BCUT2D eigenvalue weighted by Crippen LogP contribution is 2.21. The van der Waals surface area contributed by atoms with Gasteiger partial charge in [-0.3, -0.25) is 4.79 Å². The Bertz CT molecular complexity index is 695. The Morgan fingerprint density at radius 1 is 1.08 bits per heavy atom. The highest BCUT2D eigenvalue weighted by Gasteiger charge is 2.18. The highest BCUT2D eigenvalue weighted by molar-refractivity contribution is 5.81. The summed E-state index contributed by atoms with van der Waals surface area (Å²) in [5.74, 6) is 1.49. The third-order valence-corrected chi connectivity index (χ3v) is 3.96.